The number of rotatable bonds is 9. The number of sulfonamides is 1. The molecule has 8 nitrogen and oxygen atoms in total. The summed E-state index contributed by atoms with van der Waals surface area (Å²) < 4.78 is 37.0. The maximum atomic E-state index is 12.5. The van der Waals surface area contributed by atoms with Gasteiger partial charge in [0.1, 0.15) is 4.90 Å². The lowest BCUT2D eigenvalue weighted by Crippen LogP contribution is -2.31. The van der Waals surface area contributed by atoms with E-state index in [1.807, 2.05) is 18.2 Å². The van der Waals surface area contributed by atoms with E-state index in [4.69, 9.17) is 9.47 Å². The van der Waals surface area contributed by atoms with E-state index in [0.29, 0.717) is 36.2 Å². The van der Waals surface area contributed by atoms with Crippen LogP contribution in [-0.4, -0.2) is 48.7 Å². The second-order valence-corrected chi connectivity index (χ2v) is 9.89. The van der Waals surface area contributed by atoms with E-state index in [9.17, 15) is 13.2 Å². The van der Waals surface area contributed by atoms with E-state index in [1.165, 1.54) is 28.3 Å². The van der Waals surface area contributed by atoms with Crippen molar-refractivity contribution in [3.63, 3.8) is 0 Å². The molecular weight excluding hydrogens is 426 g/mol. The maximum Gasteiger partial charge on any atom is 0.244 e. The van der Waals surface area contributed by atoms with Crippen molar-refractivity contribution in [2.45, 2.75) is 42.5 Å². The highest BCUT2D eigenvalue weighted by atomic mass is 32.2. The molecule has 3 rings (SSSR count). The smallest absolute Gasteiger partial charge is 0.244 e. The fraction of sp³-hybridized carbons (Fsp3) is 0.400. The molecule has 2 heterocycles. The van der Waals surface area contributed by atoms with Crippen molar-refractivity contribution >= 4 is 27.7 Å². The summed E-state index contributed by atoms with van der Waals surface area (Å²) in [7, 11) is -3.54. The molecule has 2 aromatic rings. The number of fused-ring (bicyclic) bond motifs is 1. The van der Waals surface area contributed by atoms with Gasteiger partial charge in [-0.2, -0.15) is 4.31 Å². The third kappa shape index (κ3) is 5.05. The van der Waals surface area contributed by atoms with Crippen molar-refractivity contribution in [3.05, 3.63) is 42.1 Å². The summed E-state index contributed by atoms with van der Waals surface area (Å²) in [6, 6.07) is 8.70. The maximum absolute atomic E-state index is 12.5. The first-order valence-electron chi connectivity index (χ1n) is 9.64. The number of benzene rings is 1. The minimum Gasteiger partial charge on any atom is -0.454 e. The molecule has 1 atom stereocenters. The molecule has 1 aromatic heterocycles. The summed E-state index contributed by atoms with van der Waals surface area (Å²) in [6.45, 7) is 6.74. The number of pyridine rings is 1. The Labute approximate surface area is 181 Å². The van der Waals surface area contributed by atoms with E-state index in [-0.39, 0.29) is 17.6 Å². The van der Waals surface area contributed by atoms with Crippen LogP contribution in [0.15, 0.2) is 46.5 Å². The number of carbonyl (C=O) groups is 1. The van der Waals surface area contributed by atoms with Gasteiger partial charge in [-0.1, -0.05) is 31.7 Å². The molecule has 0 spiro atoms. The van der Waals surface area contributed by atoms with Crippen LogP contribution in [0.3, 0.4) is 0 Å². The molecule has 0 aliphatic carbocycles. The van der Waals surface area contributed by atoms with Gasteiger partial charge in [0, 0.05) is 25.8 Å². The minimum absolute atomic E-state index is 0.140. The predicted molar refractivity (Wildman–Crippen MR) is 114 cm³/mol. The highest BCUT2D eigenvalue weighted by Gasteiger charge is 2.22. The molecule has 1 aromatic carbocycles. The lowest BCUT2D eigenvalue weighted by molar-refractivity contribution is -0.120. The third-order valence-corrected chi connectivity index (χ3v) is 7.71. The fourth-order valence-electron chi connectivity index (χ4n) is 2.92. The number of amides is 1. The first kappa shape index (κ1) is 22.4. The zero-order valence-electron chi connectivity index (χ0n) is 17.1. The van der Waals surface area contributed by atoms with Crippen LogP contribution in [0.25, 0.3) is 0 Å². The highest BCUT2D eigenvalue weighted by Crippen LogP contribution is 2.32. The molecule has 1 aliphatic heterocycles. The van der Waals surface area contributed by atoms with Gasteiger partial charge in [-0.25, -0.2) is 13.4 Å². The van der Waals surface area contributed by atoms with E-state index in [0.717, 1.165) is 5.56 Å². The largest absolute Gasteiger partial charge is 0.454 e. The van der Waals surface area contributed by atoms with Crippen molar-refractivity contribution < 1.29 is 22.7 Å². The first-order valence-corrected chi connectivity index (χ1v) is 12.0. The van der Waals surface area contributed by atoms with Gasteiger partial charge in [0.2, 0.25) is 22.7 Å². The summed E-state index contributed by atoms with van der Waals surface area (Å²) >= 11 is 1.27. The van der Waals surface area contributed by atoms with Crippen LogP contribution in [0.1, 0.15) is 26.3 Å². The van der Waals surface area contributed by atoms with Gasteiger partial charge in [-0.05, 0) is 36.8 Å². The number of thioether (sulfide) groups is 1. The average molecular weight is 452 g/mol. The molecule has 1 N–H and O–H groups in total. The van der Waals surface area contributed by atoms with Crippen molar-refractivity contribution in [3.8, 4) is 11.5 Å². The molecule has 1 aliphatic rings. The van der Waals surface area contributed by atoms with Crippen LogP contribution in [0.5, 0.6) is 11.5 Å². The number of hydrogen-bond donors (Lipinski definition) is 1. The Morgan fingerprint density at radius 2 is 1.93 bits per heavy atom. The number of nitrogens with zero attached hydrogens (tertiary/aromatic N) is 2. The third-order valence-electron chi connectivity index (χ3n) is 4.62. The number of nitrogens with one attached hydrogen (secondary N) is 1. The summed E-state index contributed by atoms with van der Waals surface area (Å²) in [6.07, 6.45) is 1.34. The van der Waals surface area contributed by atoms with Crippen molar-refractivity contribution in [2.75, 3.05) is 19.9 Å². The quantitative estimate of drug-likeness (QED) is 0.585. The topological polar surface area (TPSA) is 97.8 Å². The van der Waals surface area contributed by atoms with Crippen LogP contribution >= 0.6 is 11.8 Å². The Morgan fingerprint density at radius 3 is 2.60 bits per heavy atom. The van der Waals surface area contributed by atoms with Gasteiger partial charge in [0.05, 0.1) is 10.3 Å². The Balaban J connectivity index is 1.56. The average Bonchev–Trinajstić information content (AvgIpc) is 3.21. The van der Waals surface area contributed by atoms with Gasteiger partial charge in [0.25, 0.3) is 0 Å². The highest BCUT2D eigenvalue weighted by molar-refractivity contribution is 8.00. The normalized spacial score (nSPS) is 14.0. The molecule has 0 radical (unpaired) electrons. The standard InChI is InChI=1S/C20H25N3O5S2/c1-4-23(5-2)30(25,26)16-7-9-19(21-12-16)29-14(3)20(24)22-11-15-6-8-17-18(10-15)28-13-27-17/h6-10,12,14H,4-5,11,13H2,1-3H3,(H,22,24). The van der Waals surface area contributed by atoms with Crippen molar-refractivity contribution in [2.24, 2.45) is 0 Å². The zero-order chi connectivity index (χ0) is 21.7. The summed E-state index contributed by atoms with van der Waals surface area (Å²) in [4.78, 5) is 16.8. The molecule has 0 fully saturated rings. The Bertz CT molecular complexity index is 992. The van der Waals surface area contributed by atoms with Gasteiger partial charge >= 0.3 is 0 Å². The van der Waals surface area contributed by atoms with E-state index in [1.54, 1.807) is 26.8 Å². The summed E-state index contributed by atoms with van der Waals surface area (Å²) in [5, 5.41) is 3.08. The van der Waals surface area contributed by atoms with Crippen LogP contribution in [0.4, 0.5) is 0 Å². The molecule has 30 heavy (non-hydrogen) atoms. The molecule has 1 amide bonds. The van der Waals surface area contributed by atoms with Gasteiger partial charge < -0.3 is 14.8 Å². The molecule has 0 bridgehead atoms. The predicted octanol–water partition coefficient (Wildman–Crippen LogP) is 2.64. The van der Waals surface area contributed by atoms with Crippen molar-refractivity contribution in [1.82, 2.24) is 14.6 Å². The molecule has 1 unspecified atom stereocenters. The fourth-order valence-corrected chi connectivity index (χ4v) is 5.14. The van der Waals surface area contributed by atoms with Crippen molar-refractivity contribution in [1.29, 1.82) is 0 Å². The summed E-state index contributed by atoms with van der Waals surface area (Å²) in [5.74, 6) is 1.24. The second kappa shape index (κ2) is 9.67. The van der Waals surface area contributed by atoms with Gasteiger partial charge in [-0.3, -0.25) is 4.79 Å². The monoisotopic (exact) mass is 451 g/mol. The van der Waals surface area contributed by atoms with Crippen LogP contribution in [-0.2, 0) is 21.4 Å². The molecular formula is C20H25N3O5S2. The van der Waals surface area contributed by atoms with Gasteiger partial charge in [0.15, 0.2) is 11.5 Å². The number of ether oxygens (including phenoxy) is 2. The molecule has 0 saturated heterocycles. The SMILES string of the molecule is CCN(CC)S(=O)(=O)c1ccc(SC(C)C(=O)NCc2ccc3c(c2)OCO3)nc1. The Hall–Kier alpha value is -2.30. The van der Waals surface area contributed by atoms with Crippen LogP contribution < -0.4 is 14.8 Å². The lowest BCUT2D eigenvalue weighted by atomic mass is 10.2. The molecule has 162 valence electrons. The zero-order valence-corrected chi connectivity index (χ0v) is 18.8. The van der Waals surface area contributed by atoms with E-state index < -0.39 is 15.3 Å². The van der Waals surface area contributed by atoms with E-state index >= 15 is 0 Å². The molecule has 10 heteroatoms. The summed E-state index contributed by atoms with van der Waals surface area (Å²) in [5.41, 5.74) is 0.911. The number of aromatic nitrogens is 1. The van der Waals surface area contributed by atoms with Gasteiger partial charge in [-0.15, -0.1) is 0 Å². The Kier molecular flexibility index (Phi) is 7.22. The number of carbonyl (C=O) groups excluding carboxylic acids is 1. The van der Waals surface area contributed by atoms with Crippen LogP contribution in [0, 0.1) is 0 Å². The molecule has 0 saturated carbocycles. The number of hydrogen-bond acceptors (Lipinski definition) is 7. The second-order valence-electron chi connectivity index (χ2n) is 6.59. The lowest BCUT2D eigenvalue weighted by Gasteiger charge is -2.18. The first-order chi connectivity index (χ1) is 14.3. The van der Waals surface area contributed by atoms with Crippen LogP contribution in [0.2, 0.25) is 0 Å². The minimum atomic E-state index is -3.54. The van der Waals surface area contributed by atoms with E-state index in [2.05, 4.69) is 10.3 Å². The Morgan fingerprint density at radius 1 is 1.20 bits per heavy atom.